The van der Waals surface area contributed by atoms with Gasteiger partial charge < -0.3 is 24.6 Å². The van der Waals surface area contributed by atoms with E-state index in [1.807, 2.05) is 16.3 Å². The quantitative estimate of drug-likeness (QED) is 0.695. The third-order valence-electron chi connectivity index (χ3n) is 7.13. The third-order valence-corrected chi connectivity index (χ3v) is 7.99. The topological polar surface area (TPSA) is 88.2 Å². The van der Waals surface area contributed by atoms with Crippen LogP contribution in [0, 0.1) is 0 Å². The van der Waals surface area contributed by atoms with Gasteiger partial charge in [-0.05, 0) is 61.7 Å². The third kappa shape index (κ3) is 5.21. The molecule has 0 spiro atoms. The molecule has 35 heavy (non-hydrogen) atoms. The molecule has 3 amide bonds. The van der Waals surface area contributed by atoms with Crippen LogP contribution in [0.25, 0.3) is 0 Å². The number of hydrogen-bond donors (Lipinski definition) is 1. The minimum absolute atomic E-state index is 0.138. The number of carbonyl (C=O) groups excluding carboxylic acids is 3. The number of hydrogen-bond acceptors (Lipinski definition) is 6. The van der Waals surface area contributed by atoms with Gasteiger partial charge in [-0.2, -0.15) is 0 Å². The van der Waals surface area contributed by atoms with E-state index in [1.165, 1.54) is 17.8 Å². The Morgan fingerprint density at radius 3 is 2.74 bits per heavy atom. The van der Waals surface area contributed by atoms with Crippen LogP contribution >= 0.6 is 11.3 Å². The summed E-state index contributed by atoms with van der Waals surface area (Å²) in [5.74, 6) is 0.239. The van der Waals surface area contributed by atoms with Crippen molar-refractivity contribution in [3.05, 3.63) is 46.2 Å². The van der Waals surface area contributed by atoms with Crippen LogP contribution in [0.5, 0.6) is 5.75 Å². The molecule has 1 aromatic carbocycles. The molecule has 1 aromatic heterocycles. The molecular formula is C26H31N3O5S. The minimum atomic E-state index is -0.303. The molecule has 0 saturated carbocycles. The number of likely N-dealkylation sites (tertiary alicyclic amines) is 1. The van der Waals surface area contributed by atoms with Crippen molar-refractivity contribution in [2.75, 3.05) is 32.1 Å². The van der Waals surface area contributed by atoms with E-state index < -0.39 is 0 Å². The Balaban J connectivity index is 1.27. The van der Waals surface area contributed by atoms with Crippen LogP contribution < -0.4 is 10.1 Å². The average molecular weight is 498 g/mol. The number of piperidine rings is 1. The molecule has 3 atom stereocenters. The summed E-state index contributed by atoms with van der Waals surface area (Å²) in [5, 5.41) is 4.70. The lowest BCUT2D eigenvalue weighted by Crippen LogP contribution is -2.54. The Kier molecular flexibility index (Phi) is 7.06. The van der Waals surface area contributed by atoms with Gasteiger partial charge in [0.25, 0.3) is 11.8 Å². The zero-order valence-electron chi connectivity index (χ0n) is 19.9. The van der Waals surface area contributed by atoms with Gasteiger partial charge in [-0.25, -0.2) is 0 Å². The summed E-state index contributed by atoms with van der Waals surface area (Å²) < 4.78 is 12.4. The van der Waals surface area contributed by atoms with Gasteiger partial charge in [-0.15, -0.1) is 11.3 Å². The number of benzene rings is 1. The number of thiophene rings is 1. The number of ether oxygens (including phenoxy) is 2. The fraction of sp³-hybridized carbons (Fsp3) is 0.500. The number of carbonyl (C=O) groups is 3. The van der Waals surface area contributed by atoms with Gasteiger partial charge in [0.05, 0.1) is 29.0 Å². The van der Waals surface area contributed by atoms with Crippen molar-refractivity contribution >= 4 is 34.7 Å². The van der Waals surface area contributed by atoms with Gasteiger partial charge in [0.2, 0.25) is 5.91 Å². The minimum Gasteiger partial charge on any atom is -0.490 e. The molecule has 2 fully saturated rings. The smallest absolute Gasteiger partial charge is 0.265 e. The first kappa shape index (κ1) is 23.8. The summed E-state index contributed by atoms with van der Waals surface area (Å²) in [5.41, 5.74) is 0.957. The Hall–Kier alpha value is -2.91. The second-order valence-corrected chi connectivity index (χ2v) is 10.4. The first-order valence-electron chi connectivity index (χ1n) is 12.3. The van der Waals surface area contributed by atoms with E-state index in [4.69, 9.17) is 9.47 Å². The van der Waals surface area contributed by atoms with Gasteiger partial charge in [-0.1, -0.05) is 6.07 Å². The fourth-order valence-electron chi connectivity index (χ4n) is 5.17. The summed E-state index contributed by atoms with van der Waals surface area (Å²) in [7, 11) is 1.79. The molecule has 1 N–H and O–H groups in total. The van der Waals surface area contributed by atoms with Crippen LogP contribution in [-0.2, 0) is 9.53 Å². The zero-order valence-corrected chi connectivity index (χ0v) is 20.7. The molecule has 8 nitrogen and oxygen atoms in total. The lowest BCUT2D eigenvalue weighted by molar-refractivity contribution is -0.143. The fourth-order valence-corrected chi connectivity index (χ4v) is 5.79. The molecule has 3 aliphatic rings. The Bertz CT molecular complexity index is 1080. The lowest BCUT2D eigenvalue weighted by Gasteiger charge is -2.42. The number of fused-ring (bicyclic) bond motifs is 2. The molecule has 186 valence electrons. The molecule has 2 aromatic rings. The normalized spacial score (nSPS) is 24.5. The van der Waals surface area contributed by atoms with Crippen molar-refractivity contribution < 1.29 is 23.9 Å². The van der Waals surface area contributed by atoms with E-state index >= 15 is 0 Å². The van der Waals surface area contributed by atoms with Crippen molar-refractivity contribution in [1.82, 2.24) is 9.80 Å². The summed E-state index contributed by atoms with van der Waals surface area (Å²) in [6.45, 7) is 1.97. The molecular weight excluding hydrogens is 466 g/mol. The molecule has 3 aliphatic heterocycles. The molecule has 5 rings (SSSR count). The van der Waals surface area contributed by atoms with E-state index in [0.29, 0.717) is 34.9 Å². The number of nitrogens with one attached hydrogen (secondary N) is 1. The van der Waals surface area contributed by atoms with E-state index in [9.17, 15) is 14.4 Å². The number of anilines is 1. The largest absolute Gasteiger partial charge is 0.490 e. The molecule has 2 saturated heterocycles. The van der Waals surface area contributed by atoms with Crippen molar-refractivity contribution in [3.8, 4) is 5.75 Å². The second kappa shape index (κ2) is 10.4. The first-order valence-corrected chi connectivity index (χ1v) is 13.2. The highest BCUT2D eigenvalue weighted by atomic mass is 32.1. The summed E-state index contributed by atoms with van der Waals surface area (Å²) in [6, 6.07) is 8.56. The predicted octanol–water partition coefficient (Wildman–Crippen LogP) is 3.78. The molecule has 9 heteroatoms. The first-order chi connectivity index (χ1) is 17.0. The van der Waals surface area contributed by atoms with E-state index in [2.05, 4.69) is 5.32 Å². The predicted molar refractivity (Wildman–Crippen MR) is 133 cm³/mol. The summed E-state index contributed by atoms with van der Waals surface area (Å²) in [6.07, 6.45) is 4.72. The average Bonchev–Trinajstić information content (AvgIpc) is 3.42. The van der Waals surface area contributed by atoms with Crippen molar-refractivity contribution in [3.63, 3.8) is 0 Å². The molecule has 0 aliphatic carbocycles. The maximum Gasteiger partial charge on any atom is 0.265 e. The zero-order chi connectivity index (χ0) is 24.4. The van der Waals surface area contributed by atoms with Gasteiger partial charge in [0.15, 0.2) is 0 Å². The highest BCUT2D eigenvalue weighted by Crippen LogP contribution is 2.33. The van der Waals surface area contributed by atoms with Gasteiger partial charge in [0, 0.05) is 25.8 Å². The molecule has 4 heterocycles. The van der Waals surface area contributed by atoms with Crippen LogP contribution in [0.15, 0.2) is 35.7 Å². The number of amides is 3. The van der Waals surface area contributed by atoms with Crippen LogP contribution in [0.2, 0.25) is 0 Å². The van der Waals surface area contributed by atoms with Gasteiger partial charge in [-0.3, -0.25) is 14.4 Å². The van der Waals surface area contributed by atoms with E-state index in [1.54, 1.807) is 36.2 Å². The summed E-state index contributed by atoms with van der Waals surface area (Å²) >= 11 is 1.36. The lowest BCUT2D eigenvalue weighted by atomic mass is 9.94. The summed E-state index contributed by atoms with van der Waals surface area (Å²) in [4.78, 5) is 42.8. The maximum absolute atomic E-state index is 13.4. The van der Waals surface area contributed by atoms with Crippen LogP contribution in [0.3, 0.4) is 0 Å². The SMILES string of the molecule is CN1C(=O)c2cc(NC(=O)c3cccs3)ccc2OC[C@@H]2O[C@@H](CC(=O)N3CCCCC3)CC[C@H]21. The van der Waals surface area contributed by atoms with Crippen molar-refractivity contribution in [1.29, 1.82) is 0 Å². The van der Waals surface area contributed by atoms with Gasteiger partial charge in [0.1, 0.15) is 18.5 Å². The monoisotopic (exact) mass is 497 g/mol. The van der Waals surface area contributed by atoms with Crippen molar-refractivity contribution in [2.24, 2.45) is 0 Å². The van der Waals surface area contributed by atoms with Crippen LogP contribution in [-0.4, -0.2) is 72.5 Å². The van der Waals surface area contributed by atoms with E-state index in [0.717, 1.165) is 38.8 Å². The van der Waals surface area contributed by atoms with Crippen LogP contribution in [0.1, 0.15) is 58.6 Å². The highest BCUT2D eigenvalue weighted by Gasteiger charge is 2.39. The molecule has 0 bridgehead atoms. The van der Waals surface area contributed by atoms with Gasteiger partial charge >= 0.3 is 0 Å². The van der Waals surface area contributed by atoms with Crippen molar-refractivity contribution in [2.45, 2.75) is 56.8 Å². The molecule has 0 unspecified atom stereocenters. The van der Waals surface area contributed by atoms with Crippen LogP contribution in [0.4, 0.5) is 5.69 Å². The highest BCUT2D eigenvalue weighted by molar-refractivity contribution is 7.12. The Labute approximate surface area is 209 Å². The Morgan fingerprint density at radius 2 is 1.97 bits per heavy atom. The molecule has 0 radical (unpaired) electrons. The standard InChI is InChI=1S/C26H31N3O5S/c1-28-20-9-8-18(15-24(30)29-11-3-2-4-12-29)34-22(20)16-33-21-10-7-17(14-19(21)26(28)32)27-25(31)23-6-5-13-35-23/h5-7,10,13-14,18,20,22H,2-4,8-9,11-12,15-16H2,1H3,(H,27,31)/t18-,20-,22+/m1/s1. The van der Waals surface area contributed by atoms with E-state index in [-0.39, 0.29) is 36.0 Å². The second-order valence-electron chi connectivity index (χ2n) is 9.46. The number of nitrogens with zero attached hydrogens (tertiary/aromatic N) is 2. The number of likely N-dealkylation sites (N-methyl/N-ethyl adjacent to an activating group) is 1. The maximum atomic E-state index is 13.4. The number of rotatable bonds is 4. The Morgan fingerprint density at radius 1 is 1.14 bits per heavy atom.